The number of rotatable bonds is 9. The Bertz CT molecular complexity index is 704. The minimum absolute atomic E-state index is 0.197. The van der Waals surface area contributed by atoms with Crippen LogP contribution in [0.3, 0.4) is 0 Å². The second-order valence-electron chi connectivity index (χ2n) is 8.61. The molecule has 30 heavy (non-hydrogen) atoms. The molecule has 0 saturated carbocycles. The van der Waals surface area contributed by atoms with Gasteiger partial charge in [-0.1, -0.05) is 24.1 Å². The number of likely N-dealkylation sites (tertiary alicyclic amines) is 1. The lowest BCUT2D eigenvalue weighted by Crippen LogP contribution is -2.45. The number of aromatic nitrogens is 1. The van der Waals surface area contributed by atoms with Crippen LogP contribution in [0.15, 0.2) is 12.1 Å². The van der Waals surface area contributed by atoms with E-state index in [1.165, 1.54) is 19.3 Å². The van der Waals surface area contributed by atoms with Gasteiger partial charge in [0.25, 0.3) is 0 Å². The summed E-state index contributed by atoms with van der Waals surface area (Å²) < 4.78 is 5.19. The van der Waals surface area contributed by atoms with Gasteiger partial charge in [0.1, 0.15) is 5.17 Å². The highest BCUT2D eigenvalue weighted by Gasteiger charge is 2.39. The average Bonchev–Trinajstić information content (AvgIpc) is 2.75. The minimum Gasteiger partial charge on any atom is -0.481 e. The Labute approximate surface area is 184 Å². The predicted molar refractivity (Wildman–Crippen MR) is 118 cm³/mol. The molecule has 1 unspecified atom stereocenters. The highest BCUT2D eigenvalue weighted by molar-refractivity contribution is 6.65. The number of hydrogen-bond acceptors (Lipinski definition) is 7. The van der Waals surface area contributed by atoms with E-state index in [1.807, 2.05) is 24.1 Å². The lowest BCUT2D eigenvalue weighted by atomic mass is 9.74. The van der Waals surface area contributed by atoms with Crippen molar-refractivity contribution in [1.29, 1.82) is 5.41 Å². The van der Waals surface area contributed by atoms with Crippen molar-refractivity contribution in [3.8, 4) is 5.88 Å². The van der Waals surface area contributed by atoms with E-state index < -0.39 is 11.5 Å². The molecule has 2 N–H and O–H groups in total. The van der Waals surface area contributed by atoms with Gasteiger partial charge < -0.3 is 14.7 Å². The maximum atomic E-state index is 10.3. The number of piperidine rings is 2. The minimum atomic E-state index is -0.478. The molecular weight excluding hydrogens is 404 g/mol. The van der Waals surface area contributed by atoms with Crippen molar-refractivity contribution in [3.05, 3.63) is 23.4 Å². The number of β-amino-alcohol motifs (C(OH)–C–C–N with tert-alkyl or cyclic N) is 1. The predicted octanol–water partition coefficient (Wildman–Crippen LogP) is 3.02. The molecule has 3 rings (SSSR count). The normalized spacial score (nSPS) is 21.3. The van der Waals surface area contributed by atoms with Gasteiger partial charge in [-0.3, -0.25) is 10.2 Å². The zero-order valence-electron chi connectivity index (χ0n) is 18.2. The van der Waals surface area contributed by atoms with E-state index in [0.717, 1.165) is 37.2 Å². The summed E-state index contributed by atoms with van der Waals surface area (Å²) in [5, 5.41) is 20.7. The largest absolute Gasteiger partial charge is 0.481 e. The Hall–Kier alpha value is -1.25. The molecule has 168 valence electrons. The van der Waals surface area contributed by atoms with Gasteiger partial charge in [0.05, 0.1) is 19.8 Å². The first-order valence-electron chi connectivity index (χ1n) is 11.0. The summed E-state index contributed by atoms with van der Waals surface area (Å²) in [6.45, 7) is 6.46. The summed E-state index contributed by atoms with van der Waals surface area (Å²) >= 11 is 6.29. The first-order valence-corrected chi connectivity index (χ1v) is 11.3. The topological polar surface area (TPSA) is 81.9 Å². The van der Waals surface area contributed by atoms with Crippen molar-refractivity contribution < 1.29 is 14.7 Å². The number of nitrogens with zero attached hydrogens (tertiary/aromatic N) is 3. The molecule has 2 aliphatic rings. The second-order valence-corrected chi connectivity index (χ2v) is 8.99. The van der Waals surface area contributed by atoms with Gasteiger partial charge in [-0.05, 0) is 57.7 Å². The Balaban J connectivity index is 1.50. The molecule has 0 bridgehead atoms. The van der Waals surface area contributed by atoms with E-state index in [9.17, 15) is 5.11 Å². The van der Waals surface area contributed by atoms with Crippen LogP contribution in [0.2, 0.25) is 0 Å². The summed E-state index contributed by atoms with van der Waals surface area (Å²) in [5.41, 5.74) is 1.60. The molecule has 2 fully saturated rings. The summed E-state index contributed by atoms with van der Waals surface area (Å²) in [7, 11) is 1.61. The molecule has 8 heteroatoms. The number of hydroxylamine groups is 2. The number of ether oxygens (including phenoxy) is 1. The van der Waals surface area contributed by atoms with Gasteiger partial charge in [0, 0.05) is 36.8 Å². The highest BCUT2D eigenvalue weighted by atomic mass is 35.5. The number of aliphatic hydroxyl groups excluding tert-OH is 1. The van der Waals surface area contributed by atoms with Crippen LogP contribution in [0.1, 0.15) is 43.4 Å². The van der Waals surface area contributed by atoms with Crippen LogP contribution in [0.25, 0.3) is 0 Å². The highest BCUT2D eigenvalue weighted by Crippen LogP contribution is 2.38. The molecule has 0 amide bonds. The zero-order valence-corrected chi connectivity index (χ0v) is 19.0. The van der Waals surface area contributed by atoms with Crippen molar-refractivity contribution >= 4 is 16.8 Å². The molecule has 2 aliphatic heterocycles. The van der Waals surface area contributed by atoms with Gasteiger partial charge >= 0.3 is 0 Å². The van der Waals surface area contributed by atoms with Gasteiger partial charge in [-0.25, -0.2) is 4.98 Å². The molecule has 1 aromatic rings. The molecule has 0 aromatic carbocycles. The second kappa shape index (κ2) is 10.9. The average molecular weight is 439 g/mol. The molecule has 7 nitrogen and oxygen atoms in total. The third-order valence-electron chi connectivity index (χ3n) is 6.42. The quantitative estimate of drug-likeness (QED) is 0.577. The maximum Gasteiger partial charge on any atom is 0.213 e. The lowest BCUT2D eigenvalue weighted by molar-refractivity contribution is -0.196. The fraction of sp³-hybridized carbons (Fsp3) is 0.727. The van der Waals surface area contributed by atoms with E-state index >= 15 is 0 Å². The molecule has 1 aromatic heterocycles. The van der Waals surface area contributed by atoms with Crippen LogP contribution in [-0.4, -0.2) is 77.8 Å². The smallest absolute Gasteiger partial charge is 0.213 e. The van der Waals surface area contributed by atoms with Crippen LogP contribution in [-0.2, 0) is 11.3 Å². The summed E-state index contributed by atoms with van der Waals surface area (Å²) in [4.78, 5) is 12.7. The summed E-state index contributed by atoms with van der Waals surface area (Å²) in [6.07, 6.45) is 5.41. The fourth-order valence-electron chi connectivity index (χ4n) is 4.43. The van der Waals surface area contributed by atoms with Crippen molar-refractivity contribution in [2.45, 2.75) is 51.6 Å². The van der Waals surface area contributed by atoms with Crippen molar-refractivity contribution in [2.75, 3.05) is 46.4 Å². The van der Waals surface area contributed by atoms with Gasteiger partial charge in [0.15, 0.2) is 0 Å². The molecule has 3 heterocycles. The number of aryl methyl sites for hydroxylation is 1. The van der Waals surface area contributed by atoms with E-state index in [0.29, 0.717) is 38.5 Å². The van der Waals surface area contributed by atoms with Crippen LogP contribution in [0.4, 0.5) is 0 Å². The van der Waals surface area contributed by atoms with E-state index in [1.54, 1.807) is 7.11 Å². The fourth-order valence-corrected chi connectivity index (χ4v) is 4.69. The number of halogens is 1. The third-order valence-corrected chi connectivity index (χ3v) is 6.82. The Morgan fingerprint density at radius 1 is 1.23 bits per heavy atom. The number of pyridine rings is 1. The van der Waals surface area contributed by atoms with Crippen molar-refractivity contribution in [2.24, 2.45) is 5.41 Å². The standard InChI is InChI=1S/C22H35ClN4O3/c1-17-18(6-7-20(25-17)29-2)14-22(21(23)24)8-12-27(13-9-22)30-16-19(28)15-26-10-4-3-5-11-26/h6-7,19,24,28H,3-5,8-16H2,1-2H3. The van der Waals surface area contributed by atoms with Gasteiger partial charge in [0.2, 0.25) is 5.88 Å². The van der Waals surface area contributed by atoms with Crippen LogP contribution < -0.4 is 4.74 Å². The number of aliphatic hydroxyl groups is 1. The molecule has 0 spiro atoms. The lowest BCUT2D eigenvalue weighted by Gasteiger charge is -2.40. The SMILES string of the molecule is COc1ccc(CC2(C(=N)Cl)CCN(OCC(O)CN3CCCCC3)CC2)c(C)n1. The summed E-state index contributed by atoms with van der Waals surface area (Å²) in [6, 6.07) is 3.87. The number of methoxy groups -OCH3 is 1. The van der Waals surface area contributed by atoms with Crippen molar-refractivity contribution in [3.63, 3.8) is 0 Å². The zero-order chi connectivity index (χ0) is 21.6. The van der Waals surface area contributed by atoms with Crippen LogP contribution in [0, 0.1) is 17.7 Å². The van der Waals surface area contributed by atoms with E-state index in [-0.39, 0.29) is 5.17 Å². The first kappa shape index (κ1) is 23.4. The Morgan fingerprint density at radius 2 is 1.93 bits per heavy atom. The molecule has 0 aliphatic carbocycles. The summed E-state index contributed by atoms with van der Waals surface area (Å²) in [5.74, 6) is 0.595. The molecule has 2 saturated heterocycles. The third kappa shape index (κ3) is 6.14. The van der Waals surface area contributed by atoms with Crippen LogP contribution in [0.5, 0.6) is 5.88 Å². The van der Waals surface area contributed by atoms with Crippen LogP contribution >= 0.6 is 11.6 Å². The number of hydrogen-bond donors (Lipinski definition) is 2. The molecule has 1 atom stereocenters. The van der Waals surface area contributed by atoms with E-state index in [4.69, 9.17) is 26.6 Å². The molecule has 0 radical (unpaired) electrons. The van der Waals surface area contributed by atoms with Gasteiger partial charge in [-0.2, -0.15) is 5.06 Å². The Morgan fingerprint density at radius 3 is 2.53 bits per heavy atom. The monoisotopic (exact) mass is 438 g/mol. The maximum absolute atomic E-state index is 10.3. The Kier molecular flexibility index (Phi) is 8.48. The molecular formula is C22H35ClN4O3. The van der Waals surface area contributed by atoms with Gasteiger partial charge in [-0.15, -0.1) is 0 Å². The van der Waals surface area contributed by atoms with Crippen molar-refractivity contribution in [1.82, 2.24) is 14.9 Å². The van der Waals surface area contributed by atoms with E-state index in [2.05, 4.69) is 9.88 Å². The number of nitrogens with one attached hydrogen (secondary N) is 1. The first-order chi connectivity index (χ1) is 14.4.